The monoisotopic (exact) mass is 403 g/mol. The van der Waals surface area contributed by atoms with Crippen LogP contribution in [0.4, 0.5) is 0 Å². The molecule has 2 heterocycles. The predicted octanol–water partition coefficient (Wildman–Crippen LogP) is 2.80. The minimum atomic E-state index is -0.454. The van der Waals surface area contributed by atoms with E-state index in [0.717, 1.165) is 25.8 Å². The molecule has 0 saturated carbocycles. The molecular formula is C24H29N5O. The molecule has 0 unspecified atom stereocenters. The number of hydrogen-bond acceptors (Lipinski definition) is 4. The number of benzene rings is 2. The number of aryl methyl sites for hydroxylation is 1. The quantitative estimate of drug-likeness (QED) is 0.658. The number of nitrogens with zero attached hydrogens (tertiary/aromatic N) is 4. The number of carbonyl (C=O) groups is 1. The molecule has 1 saturated heterocycles. The number of amides is 1. The molecule has 156 valence electrons. The number of piperidine rings is 1. The van der Waals surface area contributed by atoms with Gasteiger partial charge in [0.05, 0.1) is 12.6 Å². The van der Waals surface area contributed by atoms with Crippen LogP contribution in [0.3, 0.4) is 0 Å². The zero-order valence-electron chi connectivity index (χ0n) is 17.2. The molecule has 0 bridgehead atoms. The smallest absolute Gasteiger partial charge is 0.239 e. The fourth-order valence-corrected chi connectivity index (χ4v) is 4.43. The van der Waals surface area contributed by atoms with Crippen LogP contribution in [0, 0.1) is 0 Å². The Bertz CT molecular complexity index is 919. The van der Waals surface area contributed by atoms with Gasteiger partial charge in [0.25, 0.3) is 0 Å². The maximum Gasteiger partial charge on any atom is 0.239 e. The molecule has 6 heteroatoms. The van der Waals surface area contributed by atoms with E-state index in [1.54, 1.807) is 12.7 Å². The van der Waals surface area contributed by atoms with Crippen LogP contribution in [-0.2, 0) is 23.2 Å². The lowest BCUT2D eigenvalue weighted by Crippen LogP contribution is -2.51. The highest BCUT2D eigenvalue weighted by Crippen LogP contribution is 2.37. The van der Waals surface area contributed by atoms with Crippen LogP contribution in [0.2, 0.25) is 0 Å². The summed E-state index contributed by atoms with van der Waals surface area (Å²) in [6.07, 6.45) is 6.59. The average Bonchev–Trinajstić information content (AvgIpc) is 3.31. The normalized spacial score (nSPS) is 16.9. The van der Waals surface area contributed by atoms with Crippen LogP contribution in [0.25, 0.3) is 0 Å². The van der Waals surface area contributed by atoms with Gasteiger partial charge in [0.15, 0.2) is 0 Å². The Morgan fingerprint density at radius 1 is 1.03 bits per heavy atom. The maximum absolute atomic E-state index is 13.0. The second-order valence-corrected chi connectivity index (χ2v) is 8.20. The van der Waals surface area contributed by atoms with Crippen LogP contribution in [-0.4, -0.2) is 44.7 Å². The summed E-state index contributed by atoms with van der Waals surface area (Å²) < 4.78 is 1.90. The molecule has 1 amide bonds. The Balaban J connectivity index is 1.40. The van der Waals surface area contributed by atoms with Gasteiger partial charge in [0, 0.05) is 18.5 Å². The highest BCUT2D eigenvalue weighted by molar-refractivity contribution is 5.81. The molecule has 1 fully saturated rings. The zero-order valence-corrected chi connectivity index (χ0v) is 17.2. The standard InChI is InChI=1S/C24H29N5O/c25-22(12-11-20-7-3-1-4-8-20)23(30)28-15-13-24(14-16-28,17-29-19-26-18-27-29)21-9-5-2-6-10-21/h1-10,18-19,22H,11-17,25H2/t22-/m1/s1. The van der Waals surface area contributed by atoms with Crippen LogP contribution >= 0.6 is 0 Å². The number of rotatable bonds is 7. The van der Waals surface area contributed by atoms with Gasteiger partial charge >= 0.3 is 0 Å². The van der Waals surface area contributed by atoms with Crippen molar-refractivity contribution in [2.45, 2.75) is 43.7 Å². The van der Waals surface area contributed by atoms with E-state index in [2.05, 4.69) is 46.5 Å². The molecule has 1 aromatic heterocycles. The maximum atomic E-state index is 13.0. The van der Waals surface area contributed by atoms with Gasteiger partial charge < -0.3 is 10.6 Å². The Hall–Kier alpha value is -2.99. The van der Waals surface area contributed by atoms with Crippen LogP contribution in [0.1, 0.15) is 30.4 Å². The summed E-state index contributed by atoms with van der Waals surface area (Å²) in [6.45, 7) is 2.18. The molecular weight excluding hydrogens is 374 g/mol. The number of nitrogens with two attached hydrogens (primary N) is 1. The second-order valence-electron chi connectivity index (χ2n) is 8.20. The van der Waals surface area contributed by atoms with Crippen molar-refractivity contribution in [2.24, 2.45) is 5.73 Å². The van der Waals surface area contributed by atoms with Crippen LogP contribution in [0.15, 0.2) is 73.3 Å². The molecule has 0 radical (unpaired) electrons. The molecule has 1 atom stereocenters. The Labute approximate surface area is 177 Å². The summed E-state index contributed by atoms with van der Waals surface area (Å²) in [6, 6.07) is 20.3. The molecule has 0 aliphatic carbocycles. The molecule has 30 heavy (non-hydrogen) atoms. The van der Waals surface area contributed by atoms with E-state index in [-0.39, 0.29) is 11.3 Å². The van der Waals surface area contributed by atoms with Gasteiger partial charge in [-0.05, 0) is 36.8 Å². The topological polar surface area (TPSA) is 77.0 Å². The zero-order chi connectivity index (χ0) is 20.8. The number of likely N-dealkylation sites (tertiary alicyclic amines) is 1. The number of carbonyl (C=O) groups excluding carboxylic acids is 1. The molecule has 1 aliphatic heterocycles. The predicted molar refractivity (Wildman–Crippen MR) is 117 cm³/mol. The SMILES string of the molecule is N[C@H](CCc1ccccc1)C(=O)N1CCC(Cn2cncn2)(c2ccccc2)CC1. The van der Waals surface area contributed by atoms with Crippen molar-refractivity contribution in [1.82, 2.24) is 19.7 Å². The van der Waals surface area contributed by atoms with E-state index in [4.69, 9.17) is 5.73 Å². The van der Waals surface area contributed by atoms with Gasteiger partial charge in [-0.3, -0.25) is 9.48 Å². The summed E-state index contributed by atoms with van der Waals surface area (Å²) in [5.41, 5.74) is 8.73. The lowest BCUT2D eigenvalue weighted by atomic mass is 9.72. The van der Waals surface area contributed by atoms with Gasteiger partial charge in [0.1, 0.15) is 12.7 Å². The Kier molecular flexibility index (Phi) is 6.23. The van der Waals surface area contributed by atoms with E-state index in [0.29, 0.717) is 19.5 Å². The van der Waals surface area contributed by atoms with Crippen LogP contribution < -0.4 is 5.73 Å². The summed E-state index contributed by atoms with van der Waals surface area (Å²) in [4.78, 5) is 19.0. The Morgan fingerprint density at radius 3 is 2.33 bits per heavy atom. The van der Waals surface area contributed by atoms with E-state index >= 15 is 0 Å². The molecule has 6 nitrogen and oxygen atoms in total. The number of hydrogen-bond donors (Lipinski definition) is 1. The highest BCUT2D eigenvalue weighted by Gasteiger charge is 2.38. The van der Waals surface area contributed by atoms with Crippen LogP contribution in [0.5, 0.6) is 0 Å². The first-order valence-electron chi connectivity index (χ1n) is 10.6. The van der Waals surface area contributed by atoms with E-state index in [9.17, 15) is 4.79 Å². The van der Waals surface area contributed by atoms with E-state index < -0.39 is 6.04 Å². The third kappa shape index (κ3) is 4.60. The van der Waals surface area contributed by atoms with E-state index in [1.807, 2.05) is 33.8 Å². The van der Waals surface area contributed by atoms with Crippen molar-refractivity contribution < 1.29 is 4.79 Å². The first-order chi connectivity index (χ1) is 14.7. The summed E-state index contributed by atoms with van der Waals surface area (Å²) in [5.74, 6) is 0.0633. The molecule has 0 spiro atoms. The van der Waals surface area contributed by atoms with Crippen molar-refractivity contribution in [3.8, 4) is 0 Å². The molecule has 4 rings (SSSR count). The summed E-state index contributed by atoms with van der Waals surface area (Å²) >= 11 is 0. The third-order valence-corrected chi connectivity index (χ3v) is 6.25. The largest absolute Gasteiger partial charge is 0.341 e. The van der Waals surface area contributed by atoms with Crippen molar-refractivity contribution in [3.63, 3.8) is 0 Å². The van der Waals surface area contributed by atoms with Gasteiger partial charge in [-0.2, -0.15) is 5.10 Å². The third-order valence-electron chi connectivity index (χ3n) is 6.25. The summed E-state index contributed by atoms with van der Waals surface area (Å²) in [7, 11) is 0. The lowest BCUT2D eigenvalue weighted by molar-refractivity contribution is -0.134. The fraction of sp³-hybridized carbons (Fsp3) is 0.375. The van der Waals surface area contributed by atoms with Gasteiger partial charge in [0.2, 0.25) is 5.91 Å². The lowest BCUT2D eigenvalue weighted by Gasteiger charge is -2.42. The molecule has 3 aromatic rings. The Morgan fingerprint density at radius 2 is 1.70 bits per heavy atom. The molecule has 2 aromatic carbocycles. The van der Waals surface area contributed by atoms with Crippen molar-refractivity contribution in [1.29, 1.82) is 0 Å². The van der Waals surface area contributed by atoms with Gasteiger partial charge in [-0.1, -0.05) is 60.7 Å². The van der Waals surface area contributed by atoms with Gasteiger partial charge in [-0.15, -0.1) is 0 Å². The minimum Gasteiger partial charge on any atom is -0.341 e. The number of aromatic nitrogens is 3. The van der Waals surface area contributed by atoms with Crippen molar-refractivity contribution in [2.75, 3.05) is 13.1 Å². The average molecular weight is 404 g/mol. The van der Waals surface area contributed by atoms with Crippen molar-refractivity contribution >= 4 is 5.91 Å². The fourth-order valence-electron chi connectivity index (χ4n) is 4.43. The molecule has 1 aliphatic rings. The second kappa shape index (κ2) is 9.22. The van der Waals surface area contributed by atoms with E-state index in [1.165, 1.54) is 11.1 Å². The highest BCUT2D eigenvalue weighted by atomic mass is 16.2. The summed E-state index contributed by atoms with van der Waals surface area (Å²) in [5, 5.41) is 4.32. The first kappa shape index (κ1) is 20.3. The first-order valence-corrected chi connectivity index (χ1v) is 10.6. The van der Waals surface area contributed by atoms with Crippen molar-refractivity contribution in [3.05, 3.63) is 84.4 Å². The molecule has 2 N–H and O–H groups in total. The minimum absolute atomic E-state index is 0.0557. The van der Waals surface area contributed by atoms with Gasteiger partial charge in [-0.25, -0.2) is 4.98 Å².